The third kappa shape index (κ3) is 3.49. The third-order valence-electron chi connectivity index (χ3n) is 3.48. The predicted octanol–water partition coefficient (Wildman–Crippen LogP) is 2.77. The highest BCUT2D eigenvalue weighted by atomic mass is 16.6. The second-order valence-electron chi connectivity index (χ2n) is 6.31. The van der Waals surface area contributed by atoms with Crippen LogP contribution in [0.25, 0.3) is 0 Å². The number of carbonyl (C=O) groups is 1. The summed E-state index contributed by atoms with van der Waals surface area (Å²) >= 11 is 0. The maximum Gasteiger partial charge on any atom is 0.410 e. The van der Waals surface area contributed by atoms with Gasteiger partial charge in [-0.2, -0.15) is 0 Å². The lowest BCUT2D eigenvalue weighted by Gasteiger charge is -2.37. The fraction of sp³-hybridized carbons (Fsp3) is 0.714. The fourth-order valence-electron chi connectivity index (χ4n) is 2.57. The van der Waals surface area contributed by atoms with E-state index in [1.165, 1.54) is 0 Å². The summed E-state index contributed by atoms with van der Waals surface area (Å²) in [7, 11) is 0. The minimum absolute atomic E-state index is 0.206. The number of ether oxygens (including phenoxy) is 1. The van der Waals surface area contributed by atoms with Gasteiger partial charge in [-0.15, -0.1) is 0 Å². The highest BCUT2D eigenvalue weighted by molar-refractivity contribution is 5.68. The van der Waals surface area contributed by atoms with Crippen molar-refractivity contribution in [3.63, 3.8) is 0 Å². The summed E-state index contributed by atoms with van der Waals surface area (Å²) in [6.45, 7) is 9.33. The van der Waals surface area contributed by atoms with E-state index in [0.29, 0.717) is 11.8 Å². The molecule has 1 N–H and O–H groups in total. The van der Waals surface area contributed by atoms with Crippen molar-refractivity contribution >= 4 is 6.09 Å². The summed E-state index contributed by atoms with van der Waals surface area (Å²) in [5.74, 6) is 0.850. The van der Waals surface area contributed by atoms with E-state index >= 15 is 0 Å². The molecule has 0 aromatic carbocycles. The Morgan fingerprint density at radius 2 is 2.26 bits per heavy atom. The Balaban J connectivity index is 1.95. The SMILES string of the molecule is CC1CN(C(=O)OC(C)(C)C)CCC1c1cnc[nH]1. The van der Waals surface area contributed by atoms with Crippen LogP contribution in [-0.4, -0.2) is 39.7 Å². The minimum Gasteiger partial charge on any atom is -0.444 e. The molecule has 0 aliphatic carbocycles. The van der Waals surface area contributed by atoms with Crippen molar-refractivity contribution in [2.24, 2.45) is 5.92 Å². The van der Waals surface area contributed by atoms with Gasteiger partial charge in [0.2, 0.25) is 0 Å². The average molecular weight is 265 g/mol. The van der Waals surface area contributed by atoms with Gasteiger partial charge in [0.15, 0.2) is 0 Å². The van der Waals surface area contributed by atoms with Gasteiger partial charge < -0.3 is 14.6 Å². The lowest BCUT2D eigenvalue weighted by atomic mass is 9.85. The van der Waals surface area contributed by atoms with E-state index in [1.807, 2.05) is 31.9 Å². The van der Waals surface area contributed by atoms with Gasteiger partial charge in [-0.1, -0.05) is 6.92 Å². The summed E-state index contributed by atoms with van der Waals surface area (Å²) in [5, 5.41) is 0. The van der Waals surface area contributed by atoms with Crippen molar-refractivity contribution in [2.75, 3.05) is 13.1 Å². The number of H-pyrrole nitrogens is 1. The van der Waals surface area contributed by atoms with Crippen LogP contribution in [0.3, 0.4) is 0 Å². The van der Waals surface area contributed by atoms with Gasteiger partial charge in [0.1, 0.15) is 5.60 Å². The van der Waals surface area contributed by atoms with Crippen LogP contribution in [0.1, 0.15) is 45.7 Å². The van der Waals surface area contributed by atoms with E-state index in [1.54, 1.807) is 6.33 Å². The summed E-state index contributed by atoms with van der Waals surface area (Å²) in [4.78, 5) is 21.1. The number of aromatic nitrogens is 2. The second kappa shape index (κ2) is 5.23. The van der Waals surface area contributed by atoms with Crippen molar-refractivity contribution in [3.05, 3.63) is 18.2 Å². The number of carbonyl (C=O) groups excluding carboxylic acids is 1. The zero-order valence-electron chi connectivity index (χ0n) is 12.1. The van der Waals surface area contributed by atoms with Gasteiger partial charge in [-0.05, 0) is 33.1 Å². The molecule has 0 saturated carbocycles. The molecule has 2 heterocycles. The van der Waals surface area contributed by atoms with Crippen LogP contribution in [0.2, 0.25) is 0 Å². The number of hydrogen-bond acceptors (Lipinski definition) is 3. The number of nitrogens with one attached hydrogen (secondary N) is 1. The lowest BCUT2D eigenvalue weighted by Crippen LogP contribution is -2.44. The molecule has 106 valence electrons. The number of rotatable bonds is 1. The first-order valence-corrected chi connectivity index (χ1v) is 6.83. The molecule has 5 heteroatoms. The minimum atomic E-state index is -0.430. The van der Waals surface area contributed by atoms with Crippen LogP contribution < -0.4 is 0 Å². The van der Waals surface area contributed by atoms with E-state index in [2.05, 4.69) is 16.9 Å². The molecule has 19 heavy (non-hydrogen) atoms. The maximum atomic E-state index is 12.0. The van der Waals surface area contributed by atoms with E-state index < -0.39 is 5.60 Å². The number of aromatic amines is 1. The number of imidazole rings is 1. The Morgan fingerprint density at radius 3 is 2.79 bits per heavy atom. The molecule has 1 aromatic rings. The number of hydrogen-bond donors (Lipinski definition) is 1. The molecule has 2 atom stereocenters. The molecule has 0 spiro atoms. The van der Waals surface area contributed by atoms with Gasteiger partial charge in [-0.3, -0.25) is 0 Å². The van der Waals surface area contributed by atoms with Gasteiger partial charge in [0, 0.05) is 30.9 Å². The van der Waals surface area contributed by atoms with Gasteiger partial charge in [0.05, 0.1) is 6.33 Å². The molecule has 0 bridgehead atoms. The summed E-state index contributed by atoms with van der Waals surface area (Å²) in [6, 6.07) is 0. The highest BCUT2D eigenvalue weighted by Gasteiger charge is 2.32. The molecule has 1 amide bonds. The first kappa shape index (κ1) is 13.9. The van der Waals surface area contributed by atoms with E-state index in [0.717, 1.165) is 25.2 Å². The number of amides is 1. The monoisotopic (exact) mass is 265 g/mol. The van der Waals surface area contributed by atoms with Crippen molar-refractivity contribution in [1.82, 2.24) is 14.9 Å². The Kier molecular flexibility index (Phi) is 3.83. The molecule has 2 rings (SSSR count). The molecular weight excluding hydrogens is 242 g/mol. The van der Waals surface area contributed by atoms with Gasteiger partial charge in [0.25, 0.3) is 0 Å². The Labute approximate surface area is 114 Å². The van der Waals surface area contributed by atoms with E-state index in [9.17, 15) is 4.79 Å². The smallest absolute Gasteiger partial charge is 0.410 e. The standard InChI is InChI=1S/C14H23N3O2/c1-10-8-17(13(18)19-14(2,3)4)6-5-11(10)12-7-15-9-16-12/h7,9-11H,5-6,8H2,1-4H3,(H,15,16). The molecule has 5 nitrogen and oxygen atoms in total. The zero-order chi connectivity index (χ0) is 14.0. The van der Waals surface area contributed by atoms with Gasteiger partial charge >= 0.3 is 6.09 Å². The molecule has 2 unspecified atom stereocenters. The second-order valence-corrected chi connectivity index (χ2v) is 6.31. The van der Waals surface area contributed by atoms with Crippen molar-refractivity contribution < 1.29 is 9.53 Å². The van der Waals surface area contributed by atoms with Crippen LogP contribution in [0, 0.1) is 5.92 Å². The Hall–Kier alpha value is -1.52. The van der Waals surface area contributed by atoms with Crippen molar-refractivity contribution in [3.8, 4) is 0 Å². The van der Waals surface area contributed by atoms with Crippen LogP contribution in [0.15, 0.2) is 12.5 Å². The lowest BCUT2D eigenvalue weighted by molar-refractivity contribution is 0.0154. The van der Waals surface area contributed by atoms with Crippen LogP contribution in [-0.2, 0) is 4.74 Å². The first-order valence-electron chi connectivity index (χ1n) is 6.83. The normalized spacial score (nSPS) is 24.3. The Bertz CT molecular complexity index is 422. The van der Waals surface area contributed by atoms with Crippen molar-refractivity contribution in [2.45, 2.75) is 45.6 Å². The largest absolute Gasteiger partial charge is 0.444 e. The predicted molar refractivity (Wildman–Crippen MR) is 72.9 cm³/mol. The molecule has 1 saturated heterocycles. The maximum absolute atomic E-state index is 12.0. The Morgan fingerprint density at radius 1 is 1.53 bits per heavy atom. The number of likely N-dealkylation sites (tertiary alicyclic amines) is 1. The van der Waals surface area contributed by atoms with Crippen LogP contribution >= 0.6 is 0 Å². The quantitative estimate of drug-likeness (QED) is 0.849. The number of nitrogens with zero attached hydrogens (tertiary/aromatic N) is 2. The highest BCUT2D eigenvalue weighted by Crippen LogP contribution is 2.31. The zero-order valence-corrected chi connectivity index (χ0v) is 12.1. The summed E-state index contributed by atoms with van der Waals surface area (Å²) < 4.78 is 5.42. The average Bonchev–Trinajstić information content (AvgIpc) is 2.79. The van der Waals surface area contributed by atoms with Crippen molar-refractivity contribution in [1.29, 1.82) is 0 Å². The molecule has 1 aromatic heterocycles. The van der Waals surface area contributed by atoms with E-state index in [-0.39, 0.29) is 6.09 Å². The molecule has 1 aliphatic rings. The number of piperidine rings is 1. The summed E-state index contributed by atoms with van der Waals surface area (Å²) in [5.41, 5.74) is 0.733. The molecule has 1 aliphatic heterocycles. The summed E-state index contributed by atoms with van der Waals surface area (Å²) in [6.07, 6.45) is 4.33. The topological polar surface area (TPSA) is 58.2 Å². The molecular formula is C14H23N3O2. The van der Waals surface area contributed by atoms with E-state index in [4.69, 9.17) is 4.74 Å². The van der Waals surface area contributed by atoms with Crippen LogP contribution in [0.4, 0.5) is 4.79 Å². The molecule has 0 radical (unpaired) electrons. The fourth-order valence-corrected chi connectivity index (χ4v) is 2.57. The van der Waals surface area contributed by atoms with Gasteiger partial charge in [-0.25, -0.2) is 9.78 Å². The molecule has 1 fully saturated rings. The first-order chi connectivity index (χ1) is 8.87. The van der Waals surface area contributed by atoms with Crippen LogP contribution in [0.5, 0.6) is 0 Å². The third-order valence-corrected chi connectivity index (χ3v) is 3.48.